The molecule has 7 nitrogen and oxygen atoms in total. The molecule has 2 N–H and O–H groups in total. The molecule has 0 atom stereocenters. The van der Waals surface area contributed by atoms with Crippen molar-refractivity contribution in [1.82, 2.24) is 9.97 Å². The molecule has 2 heterocycles. The van der Waals surface area contributed by atoms with Crippen molar-refractivity contribution in [2.45, 2.75) is 73.1 Å². The molecule has 0 aliphatic rings. The van der Waals surface area contributed by atoms with Crippen LogP contribution in [0.4, 0.5) is 5.69 Å². The summed E-state index contributed by atoms with van der Waals surface area (Å²) in [6.07, 6.45) is 5.67. The van der Waals surface area contributed by atoms with Crippen LogP contribution in [0.25, 0.3) is 16.8 Å². The molecule has 34 heavy (non-hydrogen) atoms. The van der Waals surface area contributed by atoms with Crippen LogP contribution >= 0.6 is 0 Å². The predicted octanol–water partition coefficient (Wildman–Crippen LogP) is 6.61. The van der Waals surface area contributed by atoms with Gasteiger partial charge in [0.25, 0.3) is 10.1 Å². The normalized spacial score (nSPS) is 10.6. The number of allylic oxidation sites excluding steroid dienone is 1. The number of rotatable bonds is 8. The molecular formula is C26H43N3O4S. The van der Waals surface area contributed by atoms with Crippen molar-refractivity contribution in [3.63, 3.8) is 0 Å². The van der Waals surface area contributed by atoms with E-state index in [9.17, 15) is 8.42 Å². The van der Waals surface area contributed by atoms with E-state index in [1.165, 1.54) is 19.3 Å². The number of methoxy groups -OCH3 is 1. The first-order valence-corrected chi connectivity index (χ1v) is 13.5. The van der Waals surface area contributed by atoms with Crippen LogP contribution in [0.15, 0.2) is 24.8 Å². The zero-order valence-electron chi connectivity index (χ0n) is 22.3. The van der Waals surface area contributed by atoms with E-state index >= 15 is 0 Å². The molecule has 8 heteroatoms. The Hall–Kier alpha value is -2.45. The van der Waals surface area contributed by atoms with Gasteiger partial charge in [-0.15, -0.1) is 0 Å². The topological polar surface area (TPSA) is 101 Å². The Bertz CT molecular complexity index is 1010. The van der Waals surface area contributed by atoms with Crippen LogP contribution in [0, 0.1) is 0 Å². The Labute approximate surface area is 206 Å². The van der Waals surface area contributed by atoms with Crippen molar-refractivity contribution < 1.29 is 17.7 Å². The van der Waals surface area contributed by atoms with Crippen molar-refractivity contribution in [1.29, 1.82) is 0 Å². The Morgan fingerprint density at radius 3 is 2.09 bits per heavy atom. The molecule has 192 valence electrons. The predicted molar refractivity (Wildman–Crippen MR) is 144 cm³/mol. The van der Waals surface area contributed by atoms with Crippen molar-refractivity contribution in [2.24, 2.45) is 0 Å². The second kappa shape index (κ2) is 15.5. The van der Waals surface area contributed by atoms with Gasteiger partial charge >= 0.3 is 0 Å². The van der Waals surface area contributed by atoms with E-state index < -0.39 is 10.1 Å². The summed E-state index contributed by atoms with van der Waals surface area (Å²) in [4.78, 5) is 9.54. The Kier molecular flexibility index (Phi) is 14.3. The molecule has 0 saturated heterocycles. The minimum atomic E-state index is -3.67. The number of aryl methyl sites for hydroxylation is 1. The number of unbranched alkanes of at least 4 members (excludes halogenated alkanes) is 2. The van der Waals surface area contributed by atoms with Gasteiger partial charge in [-0.1, -0.05) is 60.5 Å². The minimum Gasteiger partial charge on any atom is -0.480 e. The molecule has 2 rings (SSSR count). The number of aromatic nitrogens is 2. The van der Waals surface area contributed by atoms with Crippen LogP contribution in [-0.4, -0.2) is 43.4 Å². The molecule has 0 aliphatic heterocycles. The van der Waals surface area contributed by atoms with Gasteiger partial charge in [-0.2, -0.15) is 8.42 Å². The molecule has 2 aromatic rings. The Morgan fingerprint density at radius 2 is 1.74 bits per heavy atom. The minimum absolute atomic E-state index is 0.351. The first kappa shape index (κ1) is 31.6. The molecule has 0 aliphatic carbocycles. The third-order valence-electron chi connectivity index (χ3n) is 4.78. The number of pyridine rings is 2. The van der Waals surface area contributed by atoms with Crippen molar-refractivity contribution >= 4 is 21.4 Å². The summed E-state index contributed by atoms with van der Waals surface area (Å²) in [5.74, 6) is 0.970. The number of nitrogens with zero attached hydrogens (tertiary/aromatic N) is 2. The highest BCUT2D eigenvalue weighted by atomic mass is 32.2. The van der Waals surface area contributed by atoms with Gasteiger partial charge in [0, 0.05) is 12.7 Å². The van der Waals surface area contributed by atoms with Crippen LogP contribution < -0.4 is 10.1 Å². The summed E-state index contributed by atoms with van der Waals surface area (Å²) in [6, 6.07) is 6.25. The second-order valence-electron chi connectivity index (χ2n) is 8.31. The van der Waals surface area contributed by atoms with Gasteiger partial charge in [-0.25, -0.2) is 9.97 Å². The largest absolute Gasteiger partial charge is 0.480 e. The Balaban J connectivity index is 0.000000916. The van der Waals surface area contributed by atoms with E-state index in [0.29, 0.717) is 18.1 Å². The fraction of sp³-hybridized carbons (Fsp3) is 0.538. The molecule has 0 unspecified atom stereocenters. The summed E-state index contributed by atoms with van der Waals surface area (Å²) in [5.41, 5.74) is 6.79. The summed E-state index contributed by atoms with van der Waals surface area (Å²) in [5, 5.41) is 3.21. The lowest BCUT2D eigenvalue weighted by Crippen LogP contribution is -2.04. The smallest absolute Gasteiger partial charge is 0.261 e. The third kappa shape index (κ3) is 11.1. The van der Waals surface area contributed by atoms with E-state index in [2.05, 4.69) is 69.7 Å². The maximum Gasteiger partial charge on any atom is 0.261 e. The number of anilines is 1. The van der Waals surface area contributed by atoms with E-state index in [1.807, 2.05) is 14.0 Å². The molecule has 0 saturated carbocycles. The highest BCUT2D eigenvalue weighted by Crippen LogP contribution is 2.34. The summed E-state index contributed by atoms with van der Waals surface area (Å²) >= 11 is 0. The summed E-state index contributed by atoms with van der Waals surface area (Å²) in [7, 11) is -0.106. The van der Waals surface area contributed by atoms with E-state index in [0.717, 1.165) is 45.9 Å². The van der Waals surface area contributed by atoms with Gasteiger partial charge < -0.3 is 10.1 Å². The van der Waals surface area contributed by atoms with E-state index in [-0.39, 0.29) is 0 Å². The lowest BCUT2D eigenvalue weighted by molar-refractivity contribution is 0.397. The lowest BCUT2D eigenvalue weighted by Gasteiger charge is -2.17. The average molecular weight is 494 g/mol. The van der Waals surface area contributed by atoms with E-state index in [1.54, 1.807) is 7.11 Å². The fourth-order valence-corrected chi connectivity index (χ4v) is 3.04. The van der Waals surface area contributed by atoms with Crippen molar-refractivity contribution in [2.75, 3.05) is 25.7 Å². The molecule has 0 amide bonds. The van der Waals surface area contributed by atoms with Crippen molar-refractivity contribution in [3.8, 4) is 17.1 Å². The molecule has 0 fully saturated rings. The zero-order chi connectivity index (χ0) is 26.5. The van der Waals surface area contributed by atoms with Gasteiger partial charge in [-0.3, -0.25) is 4.55 Å². The lowest BCUT2D eigenvalue weighted by atomic mass is 10.0. The number of hydrogen-bond donors (Lipinski definition) is 2. The molecule has 0 aromatic carbocycles. The summed E-state index contributed by atoms with van der Waals surface area (Å²) in [6.45, 7) is 16.8. The molecule has 0 spiro atoms. The first-order valence-electron chi connectivity index (χ1n) is 11.7. The average Bonchev–Trinajstić information content (AvgIpc) is 2.77. The van der Waals surface area contributed by atoms with Gasteiger partial charge in [-0.05, 0) is 48.6 Å². The van der Waals surface area contributed by atoms with Gasteiger partial charge in [0.2, 0.25) is 5.88 Å². The van der Waals surface area contributed by atoms with Crippen LogP contribution in [0.1, 0.15) is 83.7 Å². The van der Waals surface area contributed by atoms with Crippen LogP contribution in [0.2, 0.25) is 0 Å². The zero-order valence-corrected chi connectivity index (χ0v) is 23.1. The molecular weight excluding hydrogens is 450 g/mol. The first-order chi connectivity index (χ1) is 15.8. The quantitative estimate of drug-likeness (QED) is 0.399. The number of nitrogens with one attached hydrogen (secondary N) is 1. The SMILES string of the molecule is C=C(C)c1nc(-c2ccc(C(C)C)nc2OC)c(CC)cc1NC.CCCCC.CS(=O)(=O)O. The standard InChI is InChI=1S/C20H27N3O.C5H12.CH4O3S/c1-8-14-11-17(21-6)18(13(4)5)23-19(14)15-9-10-16(12(2)3)22-20(15)24-7;1-3-5-4-2;1-5(2,3)4/h9-12,21H,4,8H2,1-3,5-7H3;3-5H2,1-2H3;1H3,(H,2,3,4). The van der Waals surface area contributed by atoms with Crippen LogP contribution in [0.5, 0.6) is 5.88 Å². The van der Waals surface area contributed by atoms with Gasteiger partial charge in [0.15, 0.2) is 0 Å². The third-order valence-corrected chi connectivity index (χ3v) is 4.78. The van der Waals surface area contributed by atoms with Gasteiger partial charge in [0.05, 0.1) is 36.0 Å². The fourth-order valence-electron chi connectivity index (χ4n) is 3.04. The number of hydrogen-bond acceptors (Lipinski definition) is 6. The van der Waals surface area contributed by atoms with Crippen LogP contribution in [-0.2, 0) is 16.5 Å². The number of ether oxygens (including phenoxy) is 1. The highest BCUT2D eigenvalue weighted by Gasteiger charge is 2.17. The summed E-state index contributed by atoms with van der Waals surface area (Å²) < 4.78 is 31.4. The molecule has 2 aromatic heterocycles. The molecule has 0 radical (unpaired) electrons. The Morgan fingerprint density at radius 1 is 1.18 bits per heavy atom. The molecule has 0 bridgehead atoms. The monoisotopic (exact) mass is 493 g/mol. The maximum absolute atomic E-state index is 9.19. The van der Waals surface area contributed by atoms with Crippen LogP contribution in [0.3, 0.4) is 0 Å². The second-order valence-corrected chi connectivity index (χ2v) is 9.78. The highest BCUT2D eigenvalue weighted by molar-refractivity contribution is 7.85. The van der Waals surface area contributed by atoms with E-state index in [4.69, 9.17) is 14.3 Å². The van der Waals surface area contributed by atoms with Crippen molar-refractivity contribution in [3.05, 3.63) is 41.7 Å². The maximum atomic E-state index is 9.19. The van der Waals surface area contributed by atoms with Gasteiger partial charge in [0.1, 0.15) is 0 Å².